The quantitative estimate of drug-likeness (QED) is 0.766. The van der Waals surface area contributed by atoms with Gasteiger partial charge in [0, 0.05) is 0 Å². The summed E-state index contributed by atoms with van der Waals surface area (Å²) in [5.74, 6) is -1.46. The van der Waals surface area contributed by atoms with E-state index in [0.29, 0.717) is 18.0 Å². The summed E-state index contributed by atoms with van der Waals surface area (Å²) in [6.07, 6.45) is 0. The van der Waals surface area contributed by atoms with Gasteiger partial charge in [-0.3, -0.25) is 9.48 Å². The van der Waals surface area contributed by atoms with Crippen molar-refractivity contribution in [1.29, 1.82) is 0 Å². The summed E-state index contributed by atoms with van der Waals surface area (Å²) in [5.41, 5.74) is 0.997. The number of rotatable bonds is 4. The smallest absolute Gasteiger partial charge is 0.339 e. The highest BCUT2D eigenvalue weighted by Crippen LogP contribution is 2.12. The maximum atomic E-state index is 11.2. The Bertz CT molecular complexity index is 423. The molecule has 1 aromatic heterocycles. The van der Waals surface area contributed by atoms with Crippen molar-refractivity contribution in [3.63, 3.8) is 0 Å². The number of esters is 1. The molecule has 6 nitrogen and oxygen atoms in total. The predicted octanol–water partition coefficient (Wildman–Crippen LogP) is 0.761. The second-order valence-electron chi connectivity index (χ2n) is 3.31. The molecule has 16 heavy (non-hydrogen) atoms. The molecule has 0 bridgehead atoms. The van der Waals surface area contributed by atoms with Crippen LogP contribution in [0.5, 0.6) is 0 Å². The van der Waals surface area contributed by atoms with E-state index in [9.17, 15) is 9.59 Å². The summed E-state index contributed by atoms with van der Waals surface area (Å²) in [5, 5.41) is 12.9. The summed E-state index contributed by atoms with van der Waals surface area (Å²) >= 11 is 0. The Balaban J connectivity index is 2.95. The molecule has 0 radical (unpaired) electrons. The van der Waals surface area contributed by atoms with Crippen molar-refractivity contribution in [3.8, 4) is 0 Å². The summed E-state index contributed by atoms with van der Waals surface area (Å²) in [6.45, 7) is 5.15. The van der Waals surface area contributed by atoms with Crippen molar-refractivity contribution < 1.29 is 19.4 Å². The average molecular weight is 226 g/mol. The molecule has 0 aliphatic heterocycles. The van der Waals surface area contributed by atoms with Crippen LogP contribution in [-0.2, 0) is 16.1 Å². The minimum absolute atomic E-state index is 0.0617. The van der Waals surface area contributed by atoms with Gasteiger partial charge in [0.1, 0.15) is 12.1 Å². The molecule has 88 valence electrons. The lowest BCUT2D eigenvalue weighted by Crippen LogP contribution is -2.15. The minimum atomic E-state index is -1.04. The Hall–Kier alpha value is -1.85. The lowest BCUT2D eigenvalue weighted by Gasteiger charge is -2.03. The number of aromatic nitrogens is 2. The van der Waals surface area contributed by atoms with Crippen LogP contribution in [-0.4, -0.2) is 33.4 Å². The molecule has 0 fully saturated rings. The normalized spacial score (nSPS) is 10.2. The fraction of sp³-hybridized carbons (Fsp3) is 0.500. The molecular weight excluding hydrogens is 212 g/mol. The highest BCUT2D eigenvalue weighted by molar-refractivity contribution is 5.90. The number of hydrogen-bond acceptors (Lipinski definition) is 4. The number of carbonyl (C=O) groups is 2. The van der Waals surface area contributed by atoms with E-state index in [-0.39, 0.29) is 12.1 Å². The van der Waals surface area contributed by atoms with Crippen molar-refractivity contribution in [2.45, 2.75) is 27.3 Å². The molecular formula is C10H14N2O4. The topological polar surface area (TPSA) is 81.4 Å². The Morgan fingerprint density at radius 1 is 1.44 bits per heavy atom. The zero-order chi connectivity index (χ0) is 12.3. The van der Waals surface area contributed by atoms with E-state index in [2.05, 4.69) is 5.10 Å². The molecule has 0 aliphatic rings. The number of hydrogen-bond donors (Lipinski definition) is 1. The third-order valence-electron chi connectivity index (χ3n) is 2.18. The van der Waals surface area contributed by atoms with Gasteiger partial charge in [0.25, 0.3) is 0 Å². The van der Waals surface area contributed by atoms with Gasteiger partial charge in [-0.05, 0) is 20.8 Å². The van der Waals surface area contributed by atoms with Gasteiger partial charge in [-0.2, -0.15) is 5.10 Å². The van der Waals surface area contributed by atoms with Gasteiger partial charge >= 0.3 is 11.9 Å². The van der Waals surface area contributed by atoms with E-state index in [1.807, 2.05) is 0 Å². The SMILES string of the molecule is CCOC(=O)Cn1nc(C)c(C(=O)O)c1C. The third-order valence-corrected chi connectivity index (χ3v) is 2.18. The van der Waals surface area contributed by atoms with Gasteiger partial charge in [-0.25, -0.2) is 4.79 Å². The lowest BCUT2D eigenvalue weighted by atomic mass is 10.2. The molecule has 0 spiro atoms. The van der Waals surface area contributed by atoms with E-state index in [1.165, 1.54) is 4.68 Å². The number of ether oxygens (including phenoxy) is 1. The van der Waals surface area contributed by atoms with Crippen molar-refractivity contribution in [3.05, 3.63) is 17.0 Å². The van der Waals surface area contributed by atoms with Crippen molar-refractivity contribution in [2.75, 3.05) is 6.61 Å². The van der Waals surface area contributed by atoms with E-state index < -0.39 is 11.9 Å². The second-order valence-corrected chi connectivity index (χ2v) is 3.31. The Kier molecular flexibility index (Phi) is 3.65. The Labute approximate surface area is 92.8 Å². The fourth-order valence-corrected chi connectivity index (χ4v) is 1.49. The van der Waals surface area contributed by atoms with E-state index in [0.717, 1.165) is 0 Å². The molecule has 6 heteroatoms. The summed E-state index contributed by atoms with van der Waals surface area (Å²) < 4.78 is 6.11. The van der Waals surface area contributed by atoms with Crippen LogP contribution in [0.15, 0.2) is 0 Å². The lowest BCUT2D eigenvalue weighted by molar-refractivity contribution is -0.144. The molecule has 1 N–H and O–H groups in total. The first-order valence-corrected chi connectivity index (χ1v) is 4.90. The van der Waals surface area contributed by atoms with E-state index in [4.69, 9.17) is 9.84 Å². The first-order chi connectivity index (χ1) is 7.47. The van der Waals surface area contributed by atoms with Crippen LogP contribution in [0, 0.1) is 13.8 Å². The molecule has 1 heterocycles. The zero-order valence-corrected chi connectivity index (χ0v) is 9.48. The van der Waals surface area contributed by atoms with Crippen LogP contribution in [0.25, 0.3) is 0 Å². The van der Waals surface area contributed by atoms with Crippen molar-refractivity contribution in [1.82, 2.24) is 9.78 Å². The van der Waals surface area contributed by atoms with Crippen LogP contribution in [0.2, 0.25) is 0 Å². The van der Waals surface area contributed by atoms with Gasteiger partial charge in [-0.1, -0.05) is 0 Å². The summed E-state index contributed by atoms with van der Waals surface area (Å²) in [7, 11) is 0. The molecule has 1 rings (SSSR count). The minimum Gasteiger partial charge on any atom is -0.478 e. The number of carboxylic acids is 1. The average Bonchev–Trinajstić information content (AvgIpc) is 2.42. The Morgan fingerprint density at radius 2 is 2.06 bits per heavy atom. The number of nitrogens with zero attached hydrogens (tertiary/aromatic N) is 2. The monoisotopic (exact) mass is 226 g/mol. The zero-order valence-electron chi connectivity index (χ0n) is 9.48. The van der Waals surface area contributed by atoms with Crippen LogP contribution in [0.3, 0.4) is 0 Å². The van der Waals surface area contributed by atoms with Gasteiger partial charge in [0.15, 0.2) is 0 Å². The van der Waals surface area contributed by atoms with E-state index >= 15 is 0 Å². The Morgan fingerprint density at radius 3 is 2.50 bits per heavy atom. The molecule has 0 atom stereocenters. The molecule has 0 aliphatic carbocycles. The number of aromatic carboxylic acids is 1. The number of carboxylic acid groups (broad SMARTS) is 1. The molecule has 0 aromatic carbocycles. The van der Waals surface area contributed by atoms with E-state index in [1.54, 1.807) is 20.8 Å². The number of aryl methyl sites for hydroxylation is 1. The first kappa shape index (κ1) is 12.2. The highest BCUT2D eigenvalue weighted by Gasteiger charge is 2.18. The molecule has 0 saturated carbocycles. The van der Waals surface area contributed by atoms with Crippen LogP contribution >= 0.6 is 0 Å². The summed E-state index contributed by atoms with van der Waals surface area (Å²) in [6, 6.07) is 0. The van der Waals surface area contributed by atoms with Crippen LogP contribution in [0.1, 0.15) is 28.7 Å². The van der Waals surface area contributed by atoms with Crippen molar-refractivity contribution >= 4 is 11.9 Å². The fourth-order valence-electron chi connectivity index (χ4n) is 1.49. The second kappa shape index (κ2) is 4.78. The summed E-state index contributed by atoms with van der Waals surface area (Å²) in [4.78, 5) is 22.1. The first-order valence-electron chi connectivity index (χ1n) is 4.90. The van der Waals surface area contributed by atoms with Gasteiger partial charge in [0.05, 0.1) is 18.0 Å². The maximum Gasteiger partial charge on any atom is 0.339 e. The molecule has 1 aromatic rings. The molecule has 0 saturated heterocycles. The molecule has 0 unspecified atom stereocenters. The van der Waals surface area contributed by atoms with Crippen LogP contribution < -0.4 is 0 Å². The molecule has 0 amide bonds. The predicted molar refractivity (Wildman–Crippen MR) is 55.3 cm³/mol. The van der Waals surface area contributed by atoms with Crippen LogP contribution in [0.4, 0.5) is 0 Å². The van der Waals surface area contributed by atoms with Gasteiger partial charge < -0.3 is 9.84 Å². The standard InChI is InChI=1S/C10H14N2O4/c1-4-16-8(13)5-12-7(3)9(10(14)15)6(2)11-12/h4-5H2,1-3H3,(H,14,15). The van der Waals surface area contributed by atoms with Gasteiger partial charge in [0.2, 0.25) is 0 Å². The number of carbonyl (C=O) groups excluding carboxylic acids is 1. The highest BCUT2D eigenvalue weighted by atomic mass is 16.5. The van der Waals surface area contributed by atoms with Gasteiger partial charge in [-0.15, -0.1) is 0 Å². The van der Waals surface area contributed by atoms with Crippen molar-refractivity contribution in [2.24, 2.45) is 0 Å². The third kappa shape index (κ3) is 2.39. The maximum absolute atomic E-state index is 11.2. The largest absolute Gasteiger partial charge is 0.478 e.